The van der Waals surface area contributed by atoms with E-state index in [2.05, 4.69) is 15.3 Å². The van der Waals surface area contributed by atoms with Crippen molar-refractivity contribution in [2.24, 2.45) is 16.9 Å². The molecule has 1 aromatic carbocycles. The number of carbonyl (C=O) groups excluding carboxylic acids is 3. The molecule has 10 nitrogen and oxygen atoms in total. The van der Waals surface area contributed by atoms with Gasteiger partial charge < -0.3 is 26.3 Å². The molecule has 0 radical (unpaired) electrons. The second-order valence-electron chi connectivity index (χ2n) is 7.42. The molecule has 0 bridgehead atoms. The Morgan fingerprint density at radius 2 is 1.78 bits per heavy atom. The number of fused-ring (bicyclic) bond motifs is 1. The number of primary amides is 2. The van der Waals surface area contributed by atoms with E-state index in [0.29, 0.717) is 34.7 Å². The zero-order valence-electron chi connectivity index (χ0n) is 17.4. The number of nitrogens with zero attached hydrogens (tertiary/aromatic N) is 2. The van der Waals surface area contributed by atoms with Crippen molar-refractivity contribution >= 4 is 28.8 Å². The van der Waals surface area contributed by atoms with E-state index in [1.165, 1.54) is 14.2 Å². The lowest BCUT2D eigenvalue weighted by Gasteiger charge is -2.12. The van der Waals surface area contributed by atoms with Crippen molar-refractivity contribution in [1.82, 2.24) is 15.3 Å². The van der Waals surface area contributed by atoms with E-state index in [1.54, 1.807) is 42.6 Å². The van der Waals surface area contributed by atoms with E-state index < -0.39 is 23.1 Å². The molecule has 1 atom stereocenters. The van der Waals surface area contributed by atoms with Crippen molar-refractivity contribution in [1.29, 1.82) is 0 Å². The first-order valence-corrected chi connectivity index (χ1v) is 9.75. The minimum atomic E-state index is -1.33. The van der Waals surface area contributed by atoms with E-state index in [9.17, 15) is 14.4 Å². The lowest BCUT2D eigenvalue weighted by atomic mass is 9.97. The van der Waals surface area contributed by atoms with E-state index in [0.717, 1.165) is 5.56 Å². The third-order valence-corrected chi connectivity index (χ3v) is 5.65. The monoisotopic (exact) mass is 435 g/mol. The highest BCUT2D eigenvalue weighted by molar-refractivity contribution is 6.08. The van der Waals surface area contributed by atoms with Gasteiger partial charge in [0.15, 0.2) is 17.2 Å². The largest absolute Gasteiger partial charge is 0.494 e. The fourth-order valence-corrected chi connectivity index (χ4v) is 3.77. The van der Waals surface area contributed by atoms with E-state index in [-0.39, 0.29) is 11.6 Å². The summed E-state index contributed by atoms with van der Waals surface area (Å²) >= 11 is 0. The summed E-state index contributed by atoms with van der Waals surface area (Å²) in [6.07, 6.45) is 1.85. The third kappa shape index (κ3) is 3.35. The van der Waals surface area contributed by atoms with Crippen LogP contribution in [0.15, 0.2) is 42.6 Å². The maximum absolute atomic E-state index is 12.2. The maximum Gasteiger partial charge on any atom is 0.273 e. The number of hydrogen-bond acceptors (Lipinski definition) is 7. The Labute approximate surface area is 182 Å². The Bertz CT molecular complexity index is 1230. The predicted octanol–water partition coefficient (Wildman–Crippen LogP) is 1.23. The number of nitrogens with two attached hydrogens (primary N) is 2. The lowest BCUT2D eigenvalue weighted by Crippen LogP contribution is -2.38. The van der Waals surface area contributed by atoms with Crippen LogP contribution in [0.3, 0.4) is 0 Å². The second kappa shape index (κ2) is 7.80. The molecule has 4 rings (SSSR count). The Morgan fingerprint density at radius 3 is 2.34 bits per heavy atom. The zero-order valence-corrected chi connectivity index (χ0v) is 17.4. The molecule has 0 spiro atoms. The number of rotatable bonds is 7. The molecule has 1 saturated carbocycles. The SMILES string of the molecule is CNC(=O)c1nc2c(Oc3ccc(C4CC4(C(N)=O)C(N)=O)cc3)ccnc2cc1OC. The minimum Gasteiger partial charge on any atom is -0.494 e. The van der Waals surface area contributed by atoms with Crippen LogP contribution in [0.4, 0.5) is 0 Å². The van der Waals surface area contributed by atoms with Crippen LogP contribution in [0.1, 0.15) is 28.4 Å². The number of pyridine rings is 2. The highest BCUT2D eigenvalue weighted by atomic mass is 16.5. The van der Waals surface area contributed by atoms with Crippen LogP contribution in [0.2, 0.25) is 0 Å². The van der Waals surface area contributed by atoms with Crippen molar-refractivity contribution < 1.29 is 23.9 Å². The van der Waals surface area contributed by atoms with Crippen LogP contribution in [0.25, 0.3) is 11.0 Å². The molecule has 0 aliphatic heterocycles. The topological polar surface area (TPSA) is 160 Å². The number of carbonyl (C=O) groups is 3. The first kappa shape index (κ1) is 21.0. The molecule has 2 aromatic heterocycles. The summed E-state index contributed by atoms with van der Waals surface area (Å²) in [5.74, 6) is -1.01. The van der Waals surface area contributed by atoms with Crippen LogP contribution in [0.5, 0.6) is 17.2 Å². The van der Waals surface area contributed by atoms with Gasteiger partial charge in [0.1, 0.15) is 16.7 Å². The van der Waals surface area contributed by atoms with Crippen LogP contribution in [-0.4, -0.2) is 41.8 Å². The van der Waals surface area contributed by atoms with Gasteiger partial charge in [-0.05, 0) is 24.1 Å². The van der Waals surface area contributed by atoms with Crippen LogP contribution in [0, 0.1) is 5.41 Å². The summed E-state index contributed by atoms with van der Waals surface area (Å²) in [5.41, 5.74) is 11.2. The van der Waals surface area contributed by atoms with Crippen LogP contribution < -0.4 is 26.3 Å². The van der Waals surface area contributed by atoms with Gasteiger partial charge in [-0.25, -0.2) is 4.98 Å². The van der Waals surface area contributed by atoms with Gasteiger partial charge in [0.25, 0.3) is 5.91 Å². The fraction of sp³-hybridized carbons (Fsp3) is 0.227. The zero-order chi connectivity index (χ0) is 23.0. The minimum absolute atomic E-state index is 0.110. The molecule has 3 amide bonds. The van der Waals surface area contributed by atoms with Gasteiger partial charge in [0.2, 0.25) is 11.8 Å². The number of hydrogen-bond donors (Lipinski definition) is 3. The van der Waals surface area contributed by atoms with Gasteiger partial charge in [0.05, 0.1) is 12.6 Å². The van der Waals surface area contributed by atoms with Crippen molar-refractivity contribution in [3.63, 3.8) is 0 Å². The van der Waals surface area contributed by atoms with Gasteiger partial charge in [-0.2, -0.15) is 0 Å². The average Bonchev–Trinajstić information content (AvgIpc) is 3.56. The van der Waals surface area contributed by atoms with E-state index in [1.807, 2.05) is 0 Å². The number of methoxy groups -OCH3 is 1. The average molecular weight is 435 g/mol. The summed E-state index contributed by atoms with van der Waals surface area (Å²) < 4.78 is 11.2. The molecule has 1 aliphatic carbocycles. The van der Waals surface area contributed by atoms with Gasteiger partial charge in [-0.15, -0.1) is 0 Å². The summed E-state index contributed by atoms with van der Waals surface area (Å²) in [5, 5.41) is 2.53. The maximum atomic E-state index is 12.2. The molecule has 1 unspecified atom stereocenters. The number of amides is 3. The smallest absolute Gasteiger partial charge is 0.273 e. The van der Waals surface area contributed by atoms with Gasteiger partial charge in [0, 0.05) is 31.3 Å². The molecule has 1 fully saturated rings. The normalized spacial score (nSPS) is 16.2. The molecule has 3 aromatic rings. The van der Waals surface area contributed by atoms with Crippen LogP contribution >= 0.6 is 0 Å². The van der Waals surface area contributed by atoms with E-state index >= 15 is 0 Å². The molecule has 0 saturated heterocycles. The Hall–Kier alpha value is -4.21. The Kier molecular flexibility index (Phi) is 5.13. The van der Waals surface area contributed by atoms with Crippen molar-refractivity contribution in [3.05, 3.63) is 53.9 Å². The molecule has 10 heteroatoms. The molecule has 5 N–H and O–H groups in total. The van der Waals surface area contributed by atoms with Crippen molar-refractivity contribution in [2.45, 2.75) is 12.3 Å². The van der Waals surface area contributed by atoms with Gasteiger partial charge in [-0.3, -0.25) is 19.4 Å². The second-order valence-corrected chi connectivity index (χ2v) is 7.42. The highest BCUT2D eigenvalue weighted by Gasteiger charge is 2.64. The first-order valence-electron chi connectivity index (χ1n) is 9.75. The number of ether oxygens (including phenoxy) is 2. The lowest BCUT2D eigenvalue weighted by molar-refractivity contribution is -0.133. The Morgan fingerprint density at radius 1 is 1.09 bits per heavy atom. The summed E-state index contributed by atoms with van der Waals surface area (Å²) in [6.45, 7) is 0. The summed E-state index contributed by atoms with van der Waals surface area (Å²) in [7, 11) is 2.95. The standard InChI is InChI=1S/C22H21N5O5/c1-25-19(28)18-16(31-2)9-14-17(27-18)15(7-8-26-14)32-12-5-3-11(4-6-12)13-10-22(13,20(23)29)21(24)30/h3-9,13H,10H2,1-2H3,(H2,23,29)(H2,24,30)(H,25,28). The Balaban J connectivity index is 1.63. The first-order chi connectivity index (χ1) is 15.3. The van der Waals surface area contributed by atoms with Crippen molar-refractivity contribution in [2.75, 3.05) is 14.2 Å². The quantitative estimate of drug-likeness (QED) is 0.471. The van der Waals surface area contributed by atoms with Gasteiger partial charge in [-0.1, -0.05) is 12.1 Å². The highest BCUT2D eigenvalue weighted by Crippen LogP contribution is 2.59. The fourth-order valence-electron chi connectivity index (χ4n) is 3.77. The molecule has 1 aliphatic rings. The number of benzene rings is 1. The third-order valence-electron chi connectivity index (χ3n) is 5.65. The number of nitrogens with one attached hydrogen (secondary N) is 1. The molecule has 32 heavy (non-hydrogen) atoms. The number of aromatic nitrogens is 2. The summed E-state index contributed by atoms with van der Waals surface area (Å²) in [6, 6.07) is 10.2. The predicted molar refractivity (Wildman–Crippen MR) is 114 cm³/mol. The molecular weight excluding hydrogens is 414 g/mol. The van der Waals surface area contributed by atoms with Crippen LogP contribution in [-0.2, 0) is 9.59 Å². The molecule has 2 heterocycles. The van der Waals surface area contributed by atoms with Gasteiger partial charge >= 0.3 is 0 Å². The summed E-state index contributed by atoms with van der Waals surface area (Å²) in [4.78, 5) is 44.3. The molecular formula is C22H21N5O5. The van der Waals surface area contributed by atoms with E-state index in [4.69, 9.17) is 20.9 Å². The molecule has 164 valence electrons. The van der Waals surface area contributed by atoms with Crippen molar-refractivity contribution in [3.8, 4) is 17.2 Å².